The number of carbonyl (C=O) groups is 1. The number of nitrogens with one attached hydrogen (secondary N) is 3. The topological polar surface area (TPSA) is 144 Å². The quantitative estimate of drug-likeness (QED) is 0.124. The minimum Gasteiger partial charge on any atom is -0.388 e. The fourth-order valence-electron chi connectivity index (χ4n) is 4.33. The van der Waals surface area contributed by atoms with Gasteiger partial charge in [0.1, 0.15) is 5.84 Å². The summed E-state index contributed by atoms with van der Waals surface area (Å²) >= 11 is 0. The van der Waals surface area contributed by atoms with Crippen LogP contribution in [0.3, 0.4) is 0 Å². The van der Waals surface area contributed by atoms with Crippen molar-refractivity contribution < 1.29 is 4.79 Å². The van der Waals surface area contributed by atoms with Gasteiger partial charge >= 0.3 is 0 Å². The van der Waals surface area contributed by atoms with Crippen molar-refractivity contribution in [3.63, 3.8) is 0 Å². The molecule has 0 aromatic heterocycles. The van der Waals surface area contributed by atoms with Gasteiger partial charge in [-0.2, -0.15) is 5.53 Å². The molecule has 0 radical (unpaired) electrons. The summed E-state index contributed by atoms with van der Waals surface area (Å²) in [5.74, 6) is 6.11. The fraction of sp³-hybridized carbons (Fsp3) is 0.273. The maximum atomic E-state index is 12.3. The van der Waals surface area contributed by atoms with Gasteiger partial charge < -0.3 is 16.8 Å². The van der Waals surface area contributed by atoms with Crippen LogP contribution in [0.4, 0.5) is 0 Å². The number of rotatable bonds is 8. The van der Waals surface area contributed by atoms with Crippen molar-refractivity contribution in [3.05, 3.63) is 65.2 Å². The first kappa shape index (κ1) is 21.7. The normalized spacial score (nSPS) is 17.3. The smallest absolute Gasteiger partial charge is 0.176 e. The second-order valence-electron chi connectivity index (χ2n) is 7.16. The number of nitrogens with zero attached hydrogens (tertiary/aromatic N) is 1. The molecule has 1 atom stereocenters. The van der Waals surface area contributed by atoms with Crippen LogP contribution in [-0.2, 0) is 5.41 Å². The monoisotopic (exact) mass is 407 g/mol. The molecule has 0 fully saturated rings. The molecule has 8 nitrogen and oxygen atoms in total. The zero-order chi connectivity index (χ0) is 21.9. The van der Waals surface area contributed by atoms with E-state index in [9.17, 15) is 4.79 Å². The van der Waals surface area contributed by atoms with E-state index in [-0.39, 0.29) is 12.3 Å². The molecule has 9 N–H and O–H groups in total. The SMILES string of the molecule is C=C(NC)c1ccc2c(c1)-c1cc(C(=O)CN)ccc1C2(CCN)C(=NC)NNN. The van der Waals surface area contributed by atoms with Gasteiger partial charge in [-0.1, -0.05) is 30.8 Å². The zero-order valence-electron chi connectivity index (χ0n) is 17.4. The summed E-state index contributed by atoms with van der Waals surface area (Å²) in [6, 6.07) is 11.8. The molecule has 1 aliphatic rings. The summed E-state index contributed by atoms with van der Waals surface area (Å²) < 4.78 is 0. The minimum absolute atomic E-state index is 0.0451. The first-order valence-electron chi connectivity index (χ1n) is 9.77. The number of carbonyl (C=O) groups excluding carboxylic acids is 1. The van der Waals surface area contributed by atoms with E-state index in [2.05, 4.69) is 40.0 Å². The molecule has 0 bridgehead atoms. The van der Waals surface area contributed by atoms with Crippen molar-refractivity contribution in [2.75, 3.05) is 27.2 Å². The number of benzene rings is 2. The third kappa shape index (κ3) is 3.29. The summed E-state index contributed by atoms with van der Waals surface area (Å²) in [4.78, 5) is 16.8. The zero-order valence-corrected chi connectivity index (χ0v) is 17.4. The number of aliphatic imine (C=N–C) groups is 1. The molecule has 2 aromatic rings. The van der Waals surface area contributed by atoms with E-state index < -0.39 is 5.41 Å². The number of Topliss-reactive ketones (excluding diaryl/α,β-unsaturated/α-hetero) is 1. The van der Waals surface area contributed by atoms with Crippen molar-refractivity contribution in [2.24, 2.45) is 22.3 Å². The number of hydrogen-bond acceptors (Lipinski definition) is 7. The molecule has 3 rings (SSSR count). The molecule has 8 heteroatoms. The number of hydrazine groups is 2. The highest BCUT2D eigenvalue weighted by atomic mass is 16.1. The van der Waals surface area contributed by atoms with Crippen LogP contribution in [-0.4, -0.2) is 38.8 Å². The Morgan fingerprint density at radius 2 is 1.70 bits per heavy atom. The molecule has 0 spiro atoms. The molecule has 0 heterocycles. The molecule has 0 saturated heterocycles. The Kier molecular flexibility index (Phi) is 6.33. The predicted molar refractivity (Wildman–Crippen MR) is 122 cm³/mol. The lowest BCUT2D eigenvalue weighted by atomic mass is 9.74. The van der Waals surface area contributed by atoms with E-state index in [0.29, 0.717) is 24.4 Å². The van der Waals surface area contributed by atoms with Crippen LogP contribution < -0.4 is 33.6 Å². The Balaban J connectivity index is 2.37. The molecule has 0 amide bonds. The van der Waals surface area contributed by atoms with E-state index >= 15 is 0 Å². The predicted octanol–water partition coefficient (Wildman–Crippen LogP) is 0.630. The number of nitrogens with two attached hydrogens (primary N) is 3. The van der Waals surface area contributed by atoms with Crippen molar-refractivity contribution in [1.82, 2.24) is 16.3 Å². The highest BCUT2D eigenvalue weighted by molar-refractivity contribution is 6.06. The summed E-state index contributed by atoms with van der Waals surface area (Å²) in [6.07, 6.45) is 0.602. The first-order chi connectivity index (χ1) is 14.5. The second kappa shape index (κ2) is 8.76. The first-order valence-corrected chi connectivity index (χ1v) is 9.77. The summed E-state index contributed by atoms with van der Waals surface area (Å²) in [6.45, 7) is 4.46. The van der Waals surface area contributed by atoms with E-state index in [1.807, 2.05) is 31.3 Å². The molecule has 1 aliphatic carbocycles. The van der Waals surface area contributed by atoms with E-state index in [1.54, 1.807) is 7.05 Å². The molecule has 1 unspecified atom stereocenters. The number of hydrogen-bond donors (Lipinski definition) is 6. The highest BCUT2D eigenvalue weighted by Crippen LogP contribution is 2.52. The van der Waals surface area contributed by atoms with Crippen molar-refractivity contribution in [2.45, 2.75) is 11.8 Å². The molecular weight excluding hydrogens is 378 g/mol. The van der Waals surface area contributed by atoms with Gasteiger partial charge in [-0.05, 0) is 52.9 Å². The third-order valence-electron chi connectivity index (χ3n) is 5.74. The van der Waals surface area contributed by atoms with Crippen LogP contribution in [0.25, 0.3) is 16.8 Å². The maximum Gasteiger partial charge on any atom is 0.176 e. The van der Waals surface area contributed by atoms with Crippen molar-refractivity contribution >= 4 is 17.3 Å². The second-order valence-corrected chi connectivity index (χ2v) is 7.16. The van der Waals surface area contributed by atoms with E-state index in [0.717, 1.165) is 33.5 Å². The van der Waals surface area contributed by atoms with Crippen LogP contribution in [0.2, 0.25) is 0 Å². The lowest BCUT2D eigenvalue weighted by Crippen LogP contribution is -2.52. The van der Waals surface area contributed by atoms with Crippen LogP contribution in [0, 0.1) is 0 Å². The Hall–Kier alpha value is -3.04. The number of fused-ring (bicyclic) bond motifs is 3. The van der Waals surface area contributed by atoms with Crippen LogP contribution >= 0.6 is 0 Å². The van der Waals surface area contributed by atoms with Gasteiger partial charge in [-0.3, -0.25) is 21.1 Å². The van der Waals surface area contributed by atoms with Crippen LogP contribution in [0.1, 0.15) is 33.5 Å². The Bertz CT molecular complexity index is 947. The molecule has 0 aliphatic heterocycles. The minimum atomic E-state index is -0.635. The number of ketones is 1. The number of amidine groups is 1. The lowest BCUT2D eigenvalue weighted by molar-refractivity contribution is 0.100. The van der Waals surface area contributed by atoms with Gasteiger partial charge in [-0.25, -0.2) is 0 Å². The highest BCUT2D eigenvalue weighted by Gasteiger charge is 2.47. The maximum absolute atomic E-state index is 12.3. The fourth-order valence-corrected chi connectivity index (χ4v) is 4.33. The van der Waals surface area contributed by atoms with E-state index in [4.69, 9.17) is 17.3 Å². The molecule has 0 saturated carbocycles. The largest absolute Gasteiger partial charge is 0.388 e. The summed E-state index contributed by atoms with van der Waals surface area (Å²) in [5, 5.41) is 3.09. The summed E-state index contributed by atoms with van der Waals surface area (Å²) in [5.41, 5.74) is 22.8. The van der Waals surface area contributed by atoms with Crippen molar-refractivity contribution in [3.8, 4) is 11.1 Å². The van der Waals surface area contributed by atoms with Gasteiger partial charge in [0, 0.05) is 25.4 Å². The average molecular weight is 408 g/mol. The van der Waals surface area contributed by atoms with Gasteiger partial charge in [0.15, 0.2) is 5.78 Å². The van der Waals surface area contributed by atoms with Crippen molar-refractivity contribution in [1.29, 1.82) is 0 Å². The van der Waals surface area contributed by atoms with Crippen LogP contribution in [0.5, 0.6) is 0 Å². The molecule has 30 heavy (non-hydrogen) atoms. The van der Waals surface area contributed by atoms with Gasteiger partial charge in [0.2, 0.25) is 0 Å². The molecule has 2 aromatic carbocycles. The van der Waals surface area contributed by atoms with Gasteiger partial charge in [0.05, 0.1) is 12.0 Å². The molecular formula is C22H29N7O. The van der Waals surface area contributed by atoms with Crippen LogP contribution in [0.15, 0.2) is 48.0 Å². The Labute approximate surface area is 176 Å². The van der Waals surface area contributed by atoms with E-state index in [1.165, 1.54) is 0 Å². The van der Waals surface area contributed by atoms with Gasteiger partial charge in [0.25, 0.3) is 0 Å². The standard InChI is InChI=1S/C22H29N7O/c1-13(26-2)14-4-6-18-16(10-14)17-11-15(20(30)12-24)5-7-19(17)22(18,8-9-23)21(27-3)28-29-25/h4-7,10-11,26,29H,1,8-9,12,23-25H2,2-3H3,(H,27,28). The molecule has 158 valence electrons. The Morgan fingerprint density at radius 3 is 2.20 bits per heavy atom. The average Bonchev–Trinajstić information content (AvgIpc) is 3.05. The third-order valence-corrected chi connectivity index (χ3v) is 5.74. The summed E-state index contributed by atoms with van der Waals surface area (Å²) in [7, 11) is 3.54. The lowest BCUT2D eigenvalue weighted by Gasteiger charge is -2.33. The van der Waals surface area contributed by atoms with Gasteiger partial charge in [-0.15, -0.1) is 0 Å². The Morgan fingerprint density at radius 1 is 1.10 bits per heavy atom.